The highest BCUT2D eigenvalue weighted by molar-refractivity contribution is 6.31. The third-order valence-corrected chi connectivity index (χ3v) is 3.30. The monoisotopic (exact) mass is 278 g/mol. The van der Waals surface area contributed by atoms with Crippen LogP contribution in [0.1, 0.15) is 17.2 Å². The van der Waals surface area contributed by atoms with E-state index in [4.69, 9.17) is 22.5 Å². The number of aryl methyl sites for hydroxylation is 1. The maximum absolute atomic E-state index is 8.91. The topological polar surface area (TPSA) is 76.4 Å². The molecule has 0 spiro atoms. The molecule has 1 atom stereocenters. The molecule has 19 heavy (non-hydrogen) atoms. The maximum Gasteiger partial charge on any atom is 0.148 e. The van der Waals surface area contributed by atoms with Crippen LogP contribution < -0.4 is 5.73 Å². The van der Waals surface area contributed by atoms with Crippen LogP contribution in [-0.4, -0.2) is 20.8 Å². The molecule has 0 saturated heterocycles. The van der Waals surface area contributed by atoms with E-state index in [1.807, 2.05) is 37.3 Å². The van der Waals surface area contributed by atoms with Gasteiger partial charge in [0.05, 0.1) is 23.2 Å². The largest absolute Gasteiger partial charge is 0.409 e. The molecule has 1 aromatic heterocycles. The van der Waals surface area contributed by atoms with Gasteiger partial charge in [0.2, 0.25) is 0 Å². The molecule has 2 aromatic rings. The number of halogens is 1. The maximum atomic E-state index is 8.91. The predicted molar refractivity (Wildman–Crippen MR) is 74.6 cm³/mol. The average Bonchev–Trinajstić information content (AvgIpc) is 2.75. The zero-order valence-electron chi connectivity index (χ0n) is 10.5. The van der Waals surface area contributed by atoms with Gasteiger partial charge in [-0.1, -0.05) is 47.1 Å². The fourth-order valence-electron chi connectivity index (χ4n) is 1.90. The molecule has 0 saturated carbocycles. The number of oxime groups is 1. The molecule has 0 aliphatic rings. The van der Waals surface area contributed by atoms with Gasteiger partial charge in [0.15, 0.2) is 0 Å². The lowest BCUT2D eigenvalue weighted by molar-refractivity contribution is 0.315. The predicted octanol–water partition coefficient (Wildman–Crippen LogP) is 2.38. The van der Waals surface area contributed by atoms with Crippen molar-refractivity contribution in [3.63, 3.8) is 0 Å². The zero-order chi connectivity index (χ0) is 13.8. The Labute approximate surface area is 116 Å². The van der Waals surface area contributed by atoms with Gasteiger partial charge >= 0.3 is 0 Å². The van der Waals surface area contributed by atoms with E-state index in [0.717, 1.165) is 11.3 Å². The van der Waals surface area contributed by atoms with E-state index in [0.29, 0.717) is 11.6 Å². The first-order chi connectivity index (χ1) is 9.11. The summed E-state index contributed by atoms with van der Waals surface area (Å²) < 4.78 is 1.70. The van der Waals surface area contributed by atoms with E-state index in [1.165, 1.54) is 0 Å². The number of amidine groups is 1. The lowest BCUT2D eigenvalue weighted by Crippen LogP contribution is -2.26. The van der Waals surface area contributed by atoms with E-state index in [9.17, 15) is 0 Å². The van der Waals surface area contributed by atoms with Crippen molar-refractivity contribution in [1.29, 1.82) is 0 Å². The molecule has 0 aliphatic carbocycles. The van der Waals surface area contributed by atoms with Crippen molar-refractivity contribution in [1.82, 2.24) is 9.78 Å². The smallest absolute Gasteiger partial charge is 0.148 e. The molecule has 1 unspecified atom stereocenters. The second-order valence-corrected chi connectivity index (χ2v) is 4.68. The van der Waals surface area contributed by atoms with Crippen LogP contribution in [0.15, 0.2) is 41.7 Å². The Morgan fingerprint density at radius 1 is 1.47 bits per heavy atom. The average molecular weight is 279 g/mol. The highest BCUT2D eigenvalue weighted by Crippen LogP contribution is 2.20. The summed E-state index contributed by atoms with van der Waals surface area (Å²) in [7, 11) is 0. The molecule has 100 valence electrons. The van der Waals surface area contributed by atoms with Gasteiger partial charge in [0.25, 0.3) is 0 Å². The van der Waals surface area contributed by atoms with E-state index in [2.05, 4.69) is 10.3 Å². The van der Waals surface area contributed by atoms with Gasteiger partial charge in [-0.25, -0.2) is 0 Å². The van der Waals surface area contributed by atoms with E-state index in [-0.39, 0.29) is 11.8 Å². The van der Waals surface area contributed by atoms with Gasteiger partial charge in [-0.2, -0.15) is 5.10 Å². The molecule has 0 amide bonds. The van der Waals surface area contributed by atoms with Crippen molar-refractivity contribution in [2.45, 2.75) is 19.4 Å². The molecule has 1 aromatic carbocycles. The molecule has 3 N–H and O–H groups in total. The Balaban J connectivity index is 2.29. The summed E-state index contributed by atoms with van der Waals surface area (Å²) in [5.41, 5.74) is 7.49. The minimum Gasteiger partial charge on any atom is -0.409 e. The fraction of sp³-hybridized carbons (Fsp3) is 0.231. The third-order valence-electron chi connectivity index (χ3n) is 2.93. The molecule has 0 aliphatic heterocycles. The minimum absolute atomic E-state index is 0.149. The molecule has 0 radical (unpaired) electrons. The number of nitrogens with two attached hydrogens (primary N) is 1. The first-order valence-electron chi connectivity index (χ1n) is 5.83. The summed E-state index contributed by atoms with van der Waals surface area (Å²) >= 11 is 5.98. The second kappa shape index (κ2) is 5.75. The molecule has 2 rings (SSSR count). The van der Waals surface area contributed by atoms with Crippen LogP contribution in [0, 0.1) is 6.92 Å². The van der Waals surface area contributed by atoms with Gasteiger partial charge < -0.3 is 10.9 Å². The Kier molecular flexibility index (Phi) is 4.06. The van der Waals surface area contributed by atoms with Crippen LogP contribution in [0.5, 0.6) is 0 Å². The Bertz CT molecular complexity index is 560. The Hall–Kier alpha value is -2.01. The summed E-state index contributed by atoms with van der Waals surface area (Å²) in [6, 6.07) is 9.60. The van der Waals surface area contributed by atoms with E-state index < -0.39 is 0 Å². The molecule has 6 heteroatoms. The van der Waals surface area contributed by atoms with Crippen LogP contribution in [0.25, 0.3) is 0 Å². The second-order valence-electron chi connectivity index (χ2n) is 4.27. The van der Waals surface area contributed by atoms with Gasteiger partial charge in [-0.15, -0.1) is 0 Å². The number of hydrogen-bond acceptors (Lipinski definition) is 3. The van der Waals surface area contributed by atoms with Crippen molar-refractivity contribution >= 4 is 17.4 Å². The molecule has 0 bridgehead atoms. The van der Waals surface area contributed by atoms with Crippen LogP contribution >= 0.6 is 11.6 Å². The van der Waals surface area contributed by atoms with E-state index >= 15 is 0 Å². The number of benzene rings is 1. The molecule has 5 nitrogen and oxygen atoms in total. The van der Waals surface area contributed by atoms with Gasteiger partial charge in [0.1, 0.15) is 5.84 Å². The van der Waals surface area contributed by atoms with Crippen LogP contribution in [0.4, 0.5) is 0 Å². The highest BCUT2D eigenvalue weighted by atomic mass is 35.5. The molecular weight excluding hydrogens is 264 g/mol. The van der Waals surface area contributed by atoms with Gasteiger partial charge in [-0.3, -0.25) is 4.68 Å². The summed E-state index contributed by atoms with van der Waals surface area (Å²) in [6.07, 6.45) is 1.73. The fourth-order valence-corrected chi connectivity index (χ4v) is 2.05. The first-order valence-corrected chi connectivity index (χ1v) is 6.21. The summed E-state index contributed by atoms with van der Waals surface area (Å²) in [5, 5.41) is 16.9. The van der Waals surface area contributed by atoms with Crippen LogP contribution in [0.3, 0.4) is 0 Å². The third kappa shape index (κ3) is 3.06. The standard InChI is InChI=1S/C13H15ClN4O/c1-9-12(14)8-18(16-9)7-11(13(15)17-19)10-5-3-2-4-6-10/h2-6,8,11,19H,7H2,1H3,(H2,15,17). The number of aromatic nitrogens is 2. The Morgan fingerprint density at radius 2 is 2.16 bits per heavy atom. The quantitative estimate of drug-likeness (QED) is 0.390. The SMILES string of the molecule is Cc1nn(CC(C(N)=NO)c2ccccc2)cc1Cl. The zero-order valence-corrected chi connectivity index (χ0v) is 11.2. The minimum atomic E-state index is -0.249. The van der Waals surface area contributed by atoms with Crippen molar-refractivity contribution in [3.8, 4) is 0 Å². The number of nitrogens with zero attached hydrogens (tertiary/aromatic N) is 3. The van der Waals surface area contributed by atoms with Gasteiger partial charge in [-0.05, 0) is 12.5 Å². The highest BCUT2D eigenvalue weighted by Gasteiger charge is 2.18. The normalized spacial score (nSPS) is 13.5. The summed E-state index contributed by atoms with van der Waals surface area (Å²) in [5.74, 6) is -0.1000. The molecule has 0 fully saturated rings. The lowest BCUT2D eigenvalue weighted by Gasteiger charge is -2.15. The van der Waals surface area contributed by atoms with Crippen molar-refractivity contribution in [2.75, 3.05) is 0 Å². The van der Waals surface area contributed by atoms with Crippen molar-refractivity contribution in [3.05, 3.63) is 52.8 Å². The van der Waals surface area contributed by atoms with E-state index in [1.54, 1.807) is 10.9 Å². The van der Waals surface area contributed by atoms with Crippen molar-refractivity contribution < 1.29 is 5.21 Å². The summed E-state index contributed by atoms with van der Waals surface area (Å²) in [6.45, 7) is 2.30. The van der Waals surface area contributed by atoms with Crippen LogP contribution in [-0.2, 0) is 6.54 Å². The van der Waals surface area contributed by atoms with Gasteiger partial charge in [0, 0.05) is 6.20 Å². The van der Waals surface area contributed by atoms with Crippen molar-refractivity contribution in [2.24, 2.45) is 10.9 Å². The summed E-state index contributed by atoms with van der Waals surface area (Å²) in [4.78, 5) is 0. The molecule has 1 heterocycles. The number of hydrogen-bond donors (Lipinski definition) is 2. The van der Waals surface area contributed by atoms with Crippen LogP contribution in [0.2, 0.25) is 5.02 Å². The molecular formula is C13H15ClN4O. The Morgan fingerprint density at radius 3 is 2.68 bits per heavy atom. The number of rotatable bonds is 4. The first kappa shape index (κ1) is 13.4. The lowest BCUT2D eigenvalue weighted by atomic mass is 9.98.